The number of fused-ring (bicyclic) bond motifs is 1. The molecule has 0 aromatic heterocycles. The van der Waals surface area contributed by atoms with E-state index in [-0.39, 0.29) is 5.82 Å². The molecule has 0 fully saturated rings. The van der Waals surface area contributed by atoms with Gasteiger partial charge in [0.1, 0.15) is 5.82 Å². The molecule has 0 saturated carbocycles. The second-order valence-corrected chi connectivity index (χ2v) is 4.79. The highest BCUT2D eigenvalue weighted by atomic mass is 19.1. The van der Waals surface area contributed by atoms with Crippen molar-refractivity contribution in [3.05, 3.63) is 77.8 Å². The Morgan fingerprint density at radius 1 is 1.00 bits per heavy atom. The fraction of sp³-hybridized carbons (Fsp3) is 0.176. The van der Waals surface area contributed by atoms with E-state index in [1.807, 2.05) is 12.1 Å². The van der Waals surface area contributed by atoms with Crippen molar-refractivity contribution in [2.75, 3.05) is 11.4 Å². The Hall–Kier alpha value is -2.09. The third-order valence-electron chi connectivity index (χ3n) is 3.48. The van der Waals surface area contributed by atoms with Crippen molar-refractivity contribution < 1.29 is 4.39 Å². The molecule has 2 aromatic carbocycles. The van der Waals surface area contributed by atoms with Gasteiger partial charge >= 0.3 is 0 Å². The first-order chi connectivity index (χ1) is 9.33. The summed E-state index contributed by atoms with van der Waals surface area (Å²) in [6.45, 7) is 0.916. The van der Waals surface area contributed by atoms with Crippen LogP contribution in [-0.2, 0) is 12.8 Å². The third-order valence-corrected chi connectivity index (χ3v) is 3.48. The van der Waals surface area contributed by atoms with Crippen LogP contribution in [-0.4, -0.2) is 6.54 Å². The van der Waals surface area contributed by atoms with Gasteiger partial charge < -0.3 is 4.90 Å². The van der Waals surface area contributed by atoms with Crippen LogP contribution in [0.15, 0.2) is 60.8 Å². The van der Waals surface area contributed by atoms with Crippen LogP contribution in [0, 0.1) is 5.82 Å². The lowest BCUT2D eigenvalue weighted by Gasteiger charge is -2.26. The van der Waals surface area contributed by atoms with Crippen LogP contribution < -0.4 is 4.90 Å². The van der Waals surface area contributed by atoms with Crippen LogP contribution in [0.2, 0.25) is 0 Å². The van der Waals surface area contributed by atoms with E-state index in [1.54, 1.807) is 0 Å². The van der Waals surface area contributed by atoms with E-state index in [4.69, 9.17) is 0 Å². The maximum Gasteiger partial charge on any atom is 0.123 e. The summed E-state index contributed by atoms with van der Waals surface area (Å²) in [5, 5.41) is 0. The predicted octanol–water partition coefficient (Wildman–Crippen LogP) is 3.94. The van der Waals surface area contributed by atoms with E-state index in [1.165, 1.54) is 23.4 Å². The minimum absolute atomic E-state index is 0.174. The number of anilines is 1. The molecular weight excluding hydrogens is 237 g/mol. The first kappa shape index (κ1) is 12.0. The Morgan fingerprint density at radius 2 is 1.79 bits per heavy atom. The molecule has 1 heterocycles. The number of allylic oxidation sites excluding steroid dienone is 1. The van der Waals surface area contributed by atoms with Crippen LogP contribution in [0.4, 0.5) is 10.1 Å². The van der Waals surface area contributed by atoms with E-state index >= 15 is 0 Å². The highest BCUT2D eigenvalue weighted by Crippen LogP contribution is 2.25. The third kappa shape index (κ3) is 2.68. The number of para-hydroxylation sites is 1. The SMILES string of the molecule is Fc1ccc(CCN2C=CCc3ccccc32)cc1. The van der Waals surface area contributed by atoms with Gasteiger partial charge in [-0.05, 0) is 42.2 Å². The van der Waals surface area contributed by atoms with Gasteiger partial charge in [-0.2, -0.15) is 0 Å². The largest absolute Gasteiger partial charge is 0.348 e. The molecule has 0 spiro atoms. The fourth-order valence-electron chi connectivity index (χ4n) is 2.45. The predicted molar refractivity (Wildman–Crippen MR) is 76.7 cm³/mol. The van der Waals surface area contributed by atoms with Crippen molar-refractivity contribution in [1.82, 2.24) is 0 Å². The van der Waals surface area contributed by atoms with Gasteiger partial charge in [0.25, 0.3) is 0 Å². The van der Waals surface area contributed by atoms with Gasteiger partial charge in [0.15, 0.2) is 0 Å². The van der Waals surface area contributed by atoms with Crippen molar-refractivity contribution in [2.45, 2.75) is 12.8 Å². The molecule has 1 aliphatic heterocycles. The van der Waals surface area contributed by atoms with Crippen molar-refractivity contribution in [1.29, 1.82) is 0 Å². The van der Waals surface area contributed by atoms with Crippen molar-refractivity contribution in [2.24, 2.45) is 0 Å². The van der Waals surface area contributed by atoms with E-state index in [9.17, 15) is 4.39 Å². The average molecular weight is 253 g/mol. The molecule has 0 aliphatic carbocycles. The number of nitrogens with zero attached hydrogens (tertiary/aromatic N) is 1. The molecule has 1 nitrogen and oxygen atoms in total. The fourth-order valence-corrected chi connectivity index (χ4v) is 2.45. The highest BCUT2D eigenvalue weighted by Gasteiger charge is 2.11. The topological polar surface area (TPSA) is 3.24 Å². The second-order valence-electron chi connectivity index (χ2n) is 4.79. The Labute approximate surface area is 113 Å². The zero-order valence-electron chi connectivity index (χ0n) is 10.7. The number of rotatable bonds is 3. The zero-order valence-corrected chi connectivity index (χ0v) is 10.7. The summed E-state index contributed by atoms with van der Waals surface area (Å²) in [6, 6.07) is 15.2. The molecule has 1 aliphatic rings. The number of halogens is 1. The molecule has 0 unspecified atom stereocenters. The normalized spacial score (nSPS) is 13.4. The maximum absolute atomic E-state index is 12.9. The number of benzene rings is 2. The van der Waals surface area contributed by atoms with E-state index in [2.05, 4.69) is 41.4 Å². The molecule has 0 atom stereocenters. The van der Waals surface area contributed by atoms with Crippen LogP contribution in [0.5, 0.6) is 0 Å². The van der Waals surface area contributed by atoms with Gasteiger partial charge in [0, 0.05) is 18.4 Å². The molecule has 96 valence electrons. The Morgan fingerprint density at radius 3 is 2.63 bits per heavy atom. The van der Waals surface area contributed by atoms with Crippen LogP contribution >= 0.6 is 0 Å². The quantitative estimate of drug-likeness (QED) is 0.800. The van der Waals surface area contributed by atoms with Crippen LogP contribution in [0.3, 0.4) is 0 Å². The first-order valence-electron chi connectivity index (χ1n) is 6.58. The van der Waals surface area contributed by atoms with E-state index < -0.39 is 0 Å². The standard InChI is InChI=1S/C17H16FN/c18-16-9-7-14(8-10-16)11-13-19-12-3-5-15-4-1-2-6-17(15)19/h1-4,6-10,12H,5,11,13H2. The molecule has 0 bridgehead atoms. The lowest BCUT2D eigenvalue weighted by molar-refractivity contribution is 0.627. The molecule has 19 heavy (non-hydrogen) atoms. The minimum Gasteiger partial charge on any atom is -0.348 e. The van der Waals surface area contributed by atoms with Crippen molar-refractivity contribution in [3.8, 4) is 0 Å². The van der Waals surface area contributed by atoms with Gasteiger partial charge in [-0.25, -0.2) is 4.39 Å². The Balaban J connectivity index is 1.72. The smallest absolute Gasteiger partial charge is 0.123 e. The van der Waals surface area contributed by atoms with Crippen LogP contribution in [0.25, 0.3) is 0 Å². The summed E-state index contributed by atoms with van der Waals surface area (Å²) in [5.41, 5.74) is 3.81. The Kier molecular flexibility index (Phi) is 3.32. The average Bonchev–Trinajstić information content (AvgIpc) is 2.47. The molecule has 3 rings (SSSR count). The molecule has 0 N–H and O–H groups in total. The summed E-state index contributed by atoms with van der Waals surface area (Å²) >= 11 is 0. The van der Waals surface area contributed by atoms with Gasteiger partial charge in [0.2, 0.25) is 0 Å². The monoisotopic (exact) mass is 253 g/mol. The molecule has 0 radical (unpaired) electrons. The van der Waals surface area contributed by atoms with Crippen LogP contribution in [0.1, 0.15) is 11.1 Å². The van der Waals surface area contributed by atoms with E-state index in [0.29, 0.717) is 0 Å². The van der Waals surface area contributed by atoms with Gasteiger partial charge in [0.05, 0.1) is 0 Å². The highest BCUT2D eigenvalue weighted by molar-refractivity contribution is 5.58. The summed E-state index contributed by atoms with van der Waals surface area (Å²) in [4.78, 5) is 2.27. The Bertz CT molecular complexity index is 586. The maximum atomic E-state index is 12.9. The first-order valence-corrected chi connectivity index (χ1v) is 6.58. The molecule has 0 saturated heterocycles. The van der Waals surface area contributed by atoms with Crippen molar-refractivity contribution in [3.63, 3.8) is 0 Å². The molecular formula is C17H16FN. The van der Waals surface area contributed by atoms with E-state index in [0.717, 1.165) is 24.9 Å². The van der Waals surface area contributed by atoms with Crippen molar-refractivity contribution >= 4 is 5.69 Å². The lowest BCUT2D eigenvalue weighted by Crippen LogP contribution is -2.22. The summed E-state index contributed by atoms with van der Waals surface area (Å²) in [7, 11) is 0. The molecule has 0 amide bonds. The molecule has 2 heteroatoms. The lowest BCUT2D eigenvalue weighted by atomic mass is 10.0. The zero-order chi connectivity index (χ0) is 13.1. The second kappa shape index (κ2) is 5.27. The summed E-state index contributed by atoms with van der Waals surface area (Å²) in [5.74, 6) is -0.174. The number of hydrogen-bond donors (Lipinski definition) is 0. The number of hydrogen-bond acceptors (Lipinski definition) is 1. The summed E-state index contributed by atoms with van der Waals surface area (Å²) in [6.07, 6.45) is 6.25. The van der Waals surface area contributed by atoms with Gasteiger partial charge in [-0.15, -0.1) is 0 Å². The molecule has 2 aromatic rings. The summed E-state index contributed by atoms with van der Waals surface area (Å²) < 4.78 is 12.9. The van der Waals surface area contributed by atoms with Gasteiger partial charge in [-0.3, -0.25) is 0 Å². The minimum atomic E-state index is -0.174. The van der Waals surface area contributed by atoms with Gasteiger partial charge in [-0.1, -0.05) is 36.4 Å².